The predicted octanol–water partition coefficient (Wildman–Crippen LogP) is 2.95. The van der Waals surface area contributed by atoms with Gasteiger partial charge in [0, 0.05) is 24.3 Å². The monoisotopic (exact) mass is 432 g/mol. The van der Waals surface area contributed by atoms with Crippen molar-refractivity contribution in [1.82, 2.24) is 10.0 Å². The SMILES string of the molecule is COc1ccc(C)cc1C(C)NC(=O)c1ccc(S(=O)(=O)NCC2CCCO2)cc1. The third-order valence-corrected chi connectivity index (χ3v) is 6.59. The second-order valence-electron chi connectivity index (χ2n) is 7.45. The first-order chi connectivity index (χ1) is 14.3. The van der Waals surface area contributed by atoms with Crippen molar-refractivity contribution in [2.45, 2.75) is 43.7 Å². The number of ether oxygens (including phenoxy) is 2. The summed E-state index contributed by atoms with van der Waals surface area (Å²) < 4.78 is 38.3. The Morgan fingerprint density at radius 2 is 1.97 bits per heavy atom. The molecule has 1 heterocycles. The summed E-state index contributed by atoms with van der Waals surface area (Å²) in [5.74, 6) is 0.412. The maximum atomic E-state index is 12.6. The quantitative estimate of drug-likeness (QED) is 0.669. The topological polar surface area (TPSA) is 93.7 Å². The number of benzene rings is 2. The summed E-state index contributed by atoms with van der Waals surface area (Å²) in [5, 5.41) is 2.93. The molecule has 7 nitrogen and oxygen atoms in total. The molecule has 0 aromatic heterocycles. The van der Waals surface area contributed by atoms with Crippen molar-refractivity contribution in [3.63, 3.8) is 0 Å². The van der Waals surface area contributed by atoms with E-state index in [1.54, 1.807) is 7.11 Å². The molecule has 1 aliphatic rings. The molecule has 2 aromatic rings. The standard InChI is InChI=1S/C22H28N2O5S/c1-15-6-11-21(28-3)20(13-15)16(2)24-22(25)17-7-9-19(10-8-17)30(26,27)23-14-18-5-4-12-29-18/h6-11,13,16,18,23H,4-5,12,14H2,1-3H3,(H,24,25). The first-order valence-corrected chi connectivity index (χ1v) is 11.4. The Morgan fingerprint density at radius 1 is 1.23 bits per heavy atom. The third kappa shape index (κ3) is 5.38. The molecule has 0 bridgehead atoms. The van der Waals surface area contributed by atoms with Crippen LogP contribution in [0.4, 0.5) is 0 Å². The molecule has 1 amide bonds. The second-order valence-corrected chi connectivity index (χ2v) is 9.22. The van der Waals surface area contributed by atoms with Gasteiger partial charge in [-0.1, -0.05) is 17.7 Å². The van der Waals surface area contributed by atoms with Gasteiger partial charge in [0.15, 0.2) is 0 Å². The van der Waals surface area contributed by atoms with E-state index in [1.165, 1.54) is 24.3 Å². The van der Waals surface area contributed by atoms with Crippen molar-refractivity contribution in [3.8, 4) is 5.75 Å². The summed E-state index contributed by atoms with van der Waals surface area (Å²) in [5.41, 5.74) is 2.33. The Morgan fingerprint density at radius 3 is 2.60 bits per heavy atom. The number of hydrogen-bond acceptors (Lipinski definition) is 5. The van der Waals surface area contributed by atoms with Crippen molar-refractivity contribution in [3.05, 3.63) is 59.2 Å². The van der Waals surface area contributed by atoms with Crippen LogP contribution in [-0.4, -0.2) is 40.7 Å². The van der Waals surface area contributed by atoms with Crippen LogP contribution < -0.4 is 14.8 Å². The highest BCUT2D eigenvalue weighted by atomic mass is 32.2. The van der Waals surface area contributed by atoms with E-state index in [0.717, 1.165) is 24.0 Å². The van der Waals surface area contributed by atoms with E-state index in [0.29, 0.717) is 17.9 Å². The smallest absolute Gasteiger partial charge is 0.251 e. The Kier molecular flexibility index (Phi) is 7.12. The van der Waals surface area contributed by atoms with Gasteiger partial charge in [0.25, 0.3) is 5.91 Å². The number of rotatable bonds is 8. The highest BCUT2D eigenvalue weighted by Crippen LogP contribution is 2.26. The van der Waals surface area contributed by atoms with Gasteiger partial charge in [0.1, 0.15) is 5.75 Å². The first kappa shape index (κ1) is 22.3. The van der Waals surface area contributed by atoms with E-state index in [9.17, 15) is 13.2 Å². The summed E-state index contributed by atoms with van der Waals surface area (Å²) in [7, 11) is -2.06. The Labute approximate surface area is 177 Å². The van der Waals surface area contributed by atoms with Crippen molar-refractivity contribution in [2.75, 3.05) is 20.3 Å². The Balaban J connectivity index is 1.65. The summed E-state index contributed by atoms with van der Waals surface area (Å²) in [6.07, 6.45) is 1.72. The molecule has 1 aliphatic heterocycles. The molecule has 0 spiro atoms. The normalized spacial score (nSPS) is 17.5. The fourth-order valence-electron chi connectivity index (χ4n) is 3.43. The lowest BCUT2D eigenvalue weighted by Crippen LogP contribution is -2.32. The minimum absolute atomic E-state index is 0.0788. The molecule has 2 atom stereocenters. The van der Waals surface area contributed by atoms with Gasteiger partial charge in [-0.2, -0.15) is 0 Å². The lowest BCUT2D eigenvalue weighted by Gasteiger charge is -2.18. The molecular formula is C22H28N2O5S. The number of amides is 1. The van der Waals surface area contributed by atoms with Gasteiger partial charge in [-0.05, 0) is 57.0 Å². The van der Waals surface area contributed by atoms with Gasteiger partial charge in [-0.3, -0.25) is 4.79 Å². The molecule has 0 aliphatic carbocycles. The summed E-state index contributed by atoms with van der Waals surface area (Å²) in [4.78, 5) is 12.8. The number of sulfonamides is 1. The van der Waals surface area contributed by atoms with Crippen molar-refractivity contribution < 1.29 is 22.7 Å². The minimum Gasteiger partial charge on any atom is -0.496 e. The van der Waals surface area contributed by atoms with Gasteiger partial charge in [0.05, 0.1) is 24.2 Å². The first-order valence-electron chi connectivity index (χ1n) is 9.97. The van der Waals surface area contributed by atoms with Crippen LogP contribution in [0.2, 0.25) is 0 Å². The molecule has 1 fully saturated rings. The van der Waals surface area contributed by atoms with E-state index >= 15 is 0 Å². The number of carbonyl (C=O) groups is 1. The zero-order valence-corrected chi connectivity index (χ0v) is 18.3. The lowest BCUT2D eigenvalue weighted by molar-refractivity contribution is 0.0939. The fraction of sp³-hybridized carbons (Fsp3) is 0.409. The number of aryl methyl sites for hydroxylation is 1. The maximum absolute atomic E-state index is 12.6. The van der Waals surface area contributed by atoms with Crippen LogP contribution in [-0.2, 0) is 14.8 Å². The molecular weight excluding hydrogens is 404 g/mol. The third-order valence-electron chi connectivity index (χ3n) is 5.15. The highest BCUT2D eigenvalue weighted by Gasteiger charge is 2.21. The number of hydrogen-bond donors (Lipinski definition) is 2. The molecule has 30 heavy (non-hydrogen) atoms. The van der Waals surface area contributed by atoms with Crippen LogP contribution in [0.25, 0.3) is 0 Å². The van der Waals surface area contributed by atoms with E-state index in [-0.39, 0.29) is 29.5 Å². The van der Waals surface area contributed by atoms with E-state index in [1.807, 2.05) is 32.0 Å². The summed E-state index contributed by atoms with van der Waals surface area (Å²) in [6, 6.07) is 11.4. The van der Waals surface area contributed by atoms with E-state index in [4.69, 9.17) is 9.47 Å². The van der Waals surface area contributed by atoms with Gasteiger partial charge >= 0.3 is 0 Å². The molecule has 0 saturated carbocycles. The second kappa shape index (κ2) is 9.59. The molecule has 2 N–H and O–H groups in total. The van der Waals surface area contributed by atoms with Gasteiger partial charge in [0.2, 0.25) is 10.0 Å². The van der Waals surface area contributed by atoms with Crippen LogP contribution in [0, 0.1) is 6.92 Å². The molecule has 8 heteroatoms. The molecule has 162 valence electrons. The van der Waals surface area contributed by atoms with Crippen molar-refractivity contribution in [1.29, 1.82) is 0 Å². The van der Waals surface area contributed by atoms with Crippen LogP contribution in [0.3, 0.4) is 0 Å². The molecule has 1 saturated heterocycles. The molecule has 2 unspecified atom stereocenters. The predicted molar refractivity (Wildman–Crippen MR) is 114 cm³/mol. The lowest BCUT2D eigenvalue weighted by atomic mass is 10.0. The molecule has 2 aromatic carbocycles. The average molecular weight is 433 g/mol. The number of carbonyl (C=O) groups excluding carboxylic acids is 1. The fourth-order valence-corrected chi connectivity index (χ4v) is 4.49. The van der Waals surface area contributed by atoms with Crippen LogP contribution in [0.15, 0.2) is 47.4 Å². The minimum atomic E-state index is -3.65. The van der Waals surface area contributed by atoms with Crippen molar-refractivity contribution in [2.24, 2.45) is 0 Å². The van der Waals surface area contributed by atoms with Crippen LogP contribution in [0.5, 0.6) is 5.75 Å². The van der Waals surface area contributed by atoms with Crippen molar-refractivity contribution >= 4 is 15.9 Å². The highest BCUT2D eigenvalue weighted by molar-refractivity contribution is 7.89. The maximum Gasteiger partial charge on any atom is 0.251 e. The largest absolute Gasteiger partial charge is 0.496 e. The molecule has 3 rings (SSSR count). The van der Waals surface area contributed by atoms with E-state index < -0.39 is 10.0 Å². The average Bonchev–Trinajstić information content (AvgIpc) is 3.26. The van der Waals surface area contributed by atoms with Crippen LogP contribution in [0.1, 0.15) is 47.3 Å². The molecule has 0 radical (unpaired) electrons. The zero-order chi connectivity index (χ0) is 21.7. The van der Waals surface area contributed by atoms with E-state index in [2.05, 4.69) is 10.0 Å². The van der Waals surface area contributed by atoms with Gasteiger partial charge in [-0.25, -0.2) is 13.1 Å². The van der Waals surface area contributed by atoms with Gasteiger partial charge in [-0.15, -0.1) is 0 Å². The van der Waals surface area contributed by atoms with Crippen LogP contribution >= 0.6 is 0 Å². The Hall–Kier alpha value is -2.42. The summed E-state index contributed by atoms with van der Waals surface area (Å²) >= 11 is 0. The zero-order valence-electron chi connectivity index (χ0n) is 17.5. The number of methoxy groups -OCH3 is 1. The Bertz CT molecular complexity index is 983. The summed E-state index contributed by atoms with van der Waals surface area (Å²) in [6.45, 7) is 4.77. The van der Waals surface area contributed by atoms with Gasteiger partial charge < -0.3 is 14.8 Å². The number of nitrogens with one attached hydrogen (secondary N) is 2.